The van der Waals surface area contributed by atoms with Crippen molar-refractivity contribution in [3.8, 4) is 0 Å². The minimum absolute atomic E-state index is 0.123. The molecule has 0 bridgehead atoms. The van der Waals surface area contributed by atoms with Gasteiger partial charge in [0.05, 0.1) is 132 Å². The quantitative estimate of drug-likeness (QED) is 0.0278. The molecule has 0 heterocycles. The average molecular weight is 759 g/mol. The third kappa shape index (κ3) is 33.5. The van der Waals surface area contributed by atoms with Crippen LogP contribution in [0.2, 0.25) is 0 Å². The van der Waals surface area contributed by atoms with Crippen LogP contribution in [-0.2, 0) is 42.6 Å². The van der Waals surface area contributed by atoms with Gasteiger partial charge in [0.15, 0.2) is 0 Å². The summed E-state index contributed by atoms with van der Waals surface area (Å²) < 4.78 is 46.3. The van der Waals surface area contributed by atoms with Crippen LogP contribution in [0.1, 0.15) is 0 Å². The van der Waals surface area contributed by atoms with Crippen molar-refractivity contribution in [3.05, 3.63) is 0 Å². The lowest BCUT2D eigenvalue weighted by Crippen LogP contribution is -2.32. The smallest absolute Gasteiger partial charge is 0.101 e. The molecule has 0 aliphatic rings. The number of hydrogen-bond acceptors (Lipinski definition) is 21. The van der Waals surface area contributed by atoms with E-state index in [1.54, 1.807) is 0 Å². The lowest BCUT2D eigenvalue weighted by atomic mass is 10.3. The Morgan fingerprint density at radius 3 is 0.392 bits per heavy atom. The van der Waals surface area contributed by atoms with Crippen LogP contribution in [0, 0.1) is 0 Å². The highest BCUT2D eigenvalue weighted by molar-refractivity contribution is 4.62. The summed E-state index contributed by atoms with van der Waals surface area (Å²) in [5, 5.41) is 115. The molecule has 0 fully saturated rings. The summed E-state index contributed by atoms with van der Waals surface area (Å²) in [7, 11) is 0. The monoisotopic (exact) mass is 758 g/mol. The van der Waals surface area contributed by atoms with Crippen LogP contribution in [0.3, 0.4) is 0 Å². The Balaban J connectivity index is 3.72. The molecule has 0 aromatic carbocycles. The molecule has 51 heavy (non-hydrogen) atoms. The Labute approximate surface area is 297 Å². The highest BCUT2D eigenvalue weighted by atomic mass is 16.6. The summed E-state index contributed by atoms with van der Waals surface area (Å²) in [6, 6.07) is 0. The maximum atomic E-state index is 9.95. The third-order valence-corrected chi connectivity index (χ3v) is 6.01. The van der Waals surface area contributed by atoms with Crippen LogP contribution in [0.5, 0.6) is 0 Å². The van der Waals surface area contributed by atoms with Crippen LogP contribution in [0.15, 0.2) is 0 Å². The van der Waals surface area contributed by atoms with Crippen molar-refractivity contribution < 1.29 is 104 Å². The van der Waals surface area contributed by atoms with E-state index in [0.717, 1.165) is 0 Å². The van der Waals surface area contributed by atoms with Gasteiger partial charge < -0.3 is 104 Å². The minimum Gasteiger partial charge on any atom is -0.394 e. The Morgan fingerprint density at radius 1 is 0.196 bits per heavy atom. The predicted molar refractivity (Wildman–Crippen MR) is 172 cm³/mol. The van der Waals surface area contributed by atoms with Gasteiger partial charge in [-0.2, -0.15) is 0 Å². The number of ether oxygens (including phenoxy) is 9. The Bertz CT molecular complexity index is 686. The SMILES string of the molecule is OC[C@H](O)COC[C@H](O)COC[C@H](O)COC[C@H](O)COC[C@H](O)COC[C@H](O)COC[C@H](O)COC[C@H](O)COC[C@@H](O)COC[C@@H](O)CO. The van der Waals surface area contributed by atoms with Gasteiger partial charge in [-0.05, 0) is 0 Å². The molecule has 21 heteroatoms. The third-order valence-electron chi connectivity index (χ3n) is 6.01. The van der Waals surface area contributed by atoms with Gasteiger partial charge in [-0.3, -0.25) is 0 Å². The largest absolute Gasteiger partial charge is 0.394 e. The molecule has 0 rings (SSSR count). The molecule has 10 atom stereocenters. The van der Waals surface area contributed by atoms with Crippen molar-refractivity contribution in [1.29, 1.82) is 0 Å². The standard InChI is InChI=1S/C30H62O21/c31-1-21(33)3-43-5-23(35)7-45-9-25(37)11-47-13-27(39)15-49-17-29(41)19-51-20-30(42)18-50-16-28(40)14-48-12-26(38)10-46-8-24(36)6-44-4-22(34)2-32/h21-42H,1-20H2/t21-,22-,23-,24-,25-,26+,27-,28+,29-,30+/m0/s1. The topological polar surface area (TPSA) is 326 Å². The molecule has 21 nitrogen and oxygen atoms in total. The zero-order chi connectivity index (χ0) is 38.3. The number of rotatable bonds is 38. The molecule has 0 radical (unpaired) electrons. The van der Waals surface area contributed by atoms with Gasteiger partial charge in [0, 0.05) is 0 Å². The number of aliphatic hydroxyl groups is 12. The van der Waals surface area contributed by atoms with Gasteiger partial charge in [-0.15, -0.1) is 0 Å². The van der Waals surface area contributed by atoms with Crippen LogP contribution in [0.4, 0.5) is 0 Å². The second-order valence-corrected chi connectivity index (χ2v) is 11.7. The number of aliphatic hydroxyl groups excluding tert-OH is 12. The fraction of sp³-hybridized carbons (Fsp3) is 1.00. The normalized spacial score (nSPS) is 18.1. The van der Waals surface area contributed by atoms with E-state index in [2.05, 4.69) is 0 Å². The van der Waals surface area contributed by atoms with Gasteiger partial charge >= 0.3 is 0 Å². The van der Waals surface area contributed by atoms with Crippen molar-refractivity contribution >= 4 is 0 Å². The number of hydrogen-bond donors (Lipinski definition) is 12. The van der Waals surface area contributed by atoms with E-state index in [4.69, 9.17) is 63.1 Å². The van der Waals surface area contributed by atoms with E-state index in [-0.39, 0.29) is 119 Å². The molecule has 0 spiro atoms. The fourth-order valence-electron chi connectivity index (χ4n) is 3.55. The van der Waals surface area contributed by atoms with E-state index in [9.17, 15) is 40.9 Å². The first-order valence-electron chi connectivity index (χ1n) is 16.6. The van der Waals surface area contributed by atoms with Crippen LogP contribution >= 0.6 is 0 Å². The fourth-order valence-corrected chi connectivity index (χ4v) is 3.55. The maximum Gasteiger partial charge on any atom is 0.101 e. The van der Waals surface area contributed by atoms with E-state index >= 15 is 0 Å². The first-order valence-corrected chi connectivity index (χ1v) is 16.6. The highest BCUT2D eigenvalue weighted by Gasteiger charge is 2.15. The van der Waals surface area contributed by atoms with Crippen LogP contribution < -0.4 is 0 Å². The van der Waals surface area contributed by atoms with Gasteiger partial charge in [-0.1, -0.05) is 0 Å². The Hall–Kier alpha value is -0.840. The molecule has 0 unspecified atom stereocenters. The van der Waals surface area contributed by atoms with Gasteiger partial charge in [-0.25, -0.2) is 0 Å². The summed E-state index contributed by atoms with van der Waals surface area (Å²) in [6.07, 6.45) is -10.3. The van der Waals surface area contributed by atoms with Crippen LogP contribution in [-0.4, -0.2) is 254 Å². The summed E-state index contributed by atoms with van der Waals surface area (Å²) in [4.78, 5) is 0. The Morgan fingerprint density at radius 2 is 0.294 bits per heavy atom. The van der Waals surface area contributed by atoms with Gasteiger partial charge in [0.25, 0.3) is 0 Å². The molecule has 12 N–H and O–H groups in total. The van der Waals surface area contributed by atoms with Crippen molar-refractivity contribution in [2.75, 3.05) is 132 Å². The molecule has 0 amide bonds. The van der Waals surface area contributed by atoms with Gasteiger partial charge in [0.1, 0.15) is 61.0 Å². The first kappa shape index (κ1) is 50.2. The van der Waals surface area contributed by atoms with E-state index in [1.165, 1.54) is 0 Å². The molecule has 0 aromatic rings. The van der Waals surface area contributed by atoms with Crippen LogP contribution in [0.25, 0.3) is 0 Å². The summed E-state index contributed by atoms with van der Waals surface area (Å²) in [5.74, 6) is 0. The molecule has 0 saturated carbocycles. The molecule has 0 aromatic heterocycles. The highest BCUT2D eigenvalue weighted by Crippen LogP contribution is 1.99. The van der Waals surface area contributed by atoms with Gasteiger partial charge in [0.2, 0.25) is 0 Å². The molecule has 0 aliphatic heterocycles. The van der Waals surface area contributed by atoms with E-state index in [0.29, 0.717) is 0 Å². The lowest BCUT2D eigenvalue weighted by molar-refractivity contribution is -0.0897. The van der Waals surface area contributed by atoms with Crippen molar-refractivity contribution in [2.45, 2.75) is 61.0 Å². The average Bonchev–Trinajstić information content (AvgIpc) is 3.08. The van der Waals surface area contributed by atoms with Crippen molar-refractivity contribution in [3.63, 3.8) is 0 Å². The van der Waals surface area contributed by atoms with E-state index < -0.39 is 74.3 Å². The Kier molecular flexibility index (Phi) is 33.2. The first-order chi connectivity index (χ1) is 24.4. The minimum atomic E-state index is -1.05. The molecular weight excluding hydrogens is 696 g/mol. The zero-order valence-corrected chi connectivity index (χ0v) is 29.0. The maximum absolute atomic E-state index is 9.95. The zero-order valence-electron chi connectivity index (χ0n) is 29.0. The predicted octanol–water partition coefficient (Wildman–Crippen LogP) is -7.27. The molecule has 0 aliphatic carbocycles. The van der Waals surface area contributed by atoms with E-state index in [1.807, 2.05) is 0 Å². The summed E-state index contributed by atoms with van der Waals surface area (Å²) in [5.41, 5.74) is 0. The van der Waals surface area contributed by atoms with Crippen molar-refractivity contribution in [2.24, 2.45) is 0 Å². The molecule has 0 saturated heterocycles. The second-order valence-electron chi connectivity index (χ2n) is 11.7. The molecule has 308 valence electrons. The second kappa shape index (κ2) is 33.7. The molecular formula is C30H62O21. The lowest BCUT2D eigenvalue weighted by Gasteiger charge is -2.18. The summed E-state index contributed by atoms with van der Waals surface area (Å²) in [6.45, 7) is -3.68. The summed E-state index contributed by atoms with van der Waals surface area (Å²) >= 11 is 0. The van der Waals surface area contributed by atoms with Crippen molar-refractivity contribution in [1.82, 2.24) is 0 Å².